The van der Waals surface area contributed by atoms with E-state index in [-0.39, 0.29) is 5.91 Å². The molecule has 2 aromatic rings. The van der Waals surface area contributed by atoms with Gasteiger partial charge in [0, 0.05) is 36.5 Å². The fraction of sp³-hybridized carbons (Fsp3) is 0.353. The van der Waals surface area contributed by atoms with Crippen molar-refractivity contribution in [2.75, 3.05) is 18.9 Å². The standard InChI is InChI=1S/C17H20N2OS/c1-12-7-8-21-16(12)11-19(2)17(20)9-13-10-18-15-6-4-3-5-14(13)15/h3-8,13,18H,9-11H2,1-2H3. The van der Waals surface area contributed by atoms with E-state index in [1.807, 2.05) is 24.1 Å². The lowest BCUT2D eigenvalue weighted by Gasteiger charge is -2.19. The van der Waals surface area contributed by atoms with Crippen molar-refractivity contribution in [2.24, 2.45) is 0 Å². The number of nitrogens with zero attached hydrogens (tertiary/aromatic N) is 1. The Morgan fingerprint density at radius 1 is 1.38 bits per heavy atom. The van der Waals surface area contributed by atoms with E-state index in [1.165, 1.54) is 21.7 Å². The van der Waals surface area contributed by atoms with Crippen LogP contribution in [0, 0.1) is 6.92 Å². The summed E-state index contributed by atoms with van der Waals surface area (Å²) in [5.74, 6) is 0.506. The molecular weight excluding hydrogens is 280 g/mol. The monoisotopic (exact) mass is 300 g/mol. The maximum atomic E-state index is 12.4. The van der Waals surface area contributed by atoms with Crippen molar-refractivity contribution in [3.05, 3.63) is 51.7 Å². The second-order valence-corrected chi connectivity index (χ2v) is 6.65. The predicted octanol–water partition coefficient (Wildman–Crippen LogP) is 3.61. The van der Waals surface area contributed by atoms with E-state index < -0.39 is 0 Å². The summed E-state index contributed by atoms with van der Waals surface area (Å²) in [5.41, 5.74) is 3.71. The molecule has 1 aliphatic heterocycles. The third-order valence-electron chi connectivity index (χ3n) is 4.14. The minimum absolute atomic E-state index is 0.214. The molecule has 1 atom stereocenters. The minimum atomic E-state index is 0.214. The molecule has 21 heavy (non-hydrogen) atoms. The topological polar surface area (TPSA) is 32.3 Å². The van der Waals surface area contributed by atoms with E-state index in [9.17, 15) is 4.79 Å². The fourth-order valence-electron chi connectivity index (χ4n) is 2.78. The van der Waals surface area contributed by atoms with Crippen LogP contribution in [-0.2, 0) is 11.3 Å². The van der Waals surface area contributed by atoms with Crippen LogP contribution in [-0.4, -0.2) is 24.4 Å². The van der Waals surface area contributed by atoms with Gasteiger partial charge >= 0.3 is 0 Å². The summed E-state index contributed by atoms with van der Waals surface area (Å²) in [6.07, 6.45) is 0.574. The Morgan fingerprint density at radius 2 is 2.19 bits per heavy atom. The Hall–Kier alpha value is -1.81. The van der Waals surface area contributed by atoms with Crippen molar-refractivity contribution < 1.29 is 4.79 Å². The van der Waals surface area contributed by atoms with Crippen molar-refractivity contribution in [1.29, 1.82) is 0 Å². The Morgan fingerprint density at radius 3 is 2.95 bits per heavy atom. The number of thiophene rings is 1. The molecule has 1 aromatic heterocycles. The number of nitrogens with one attached hydrogen (secondary N) is 1. The number of carbonyl (C=O) groups excluding carboxylic acids is 1. The maximum Gasteiger partial charge on any atom is 0.223 e. The summed E-state index contributed by atoms with van der Waals surface area (Å²) in [6, 6.07) is 10.4. The van der Waals surface area contributed by atoms with Gasteiger partial charge in [0.05, 0.1) is 6.54 Å². The maximum absolute atomic E-state index is 12.4. The molecule has 1 unspecified atom stereocenters. The third-order valence-corrected chi connectivity index (χ3v) is 5.14. The summed E-state index contributed by atoms with van der Waals surface area (Å²) in [5, 5.41) is 5.46. The highest BCUT2D eigenvalue weighted by Crippen LogP contribution is 2.33. The SMILES string of the molecule is Cc1ccsc1CN(C)C(=O)CC1CNc2ccccc21. The van der Waals surface area contributed by atoms with Crippen molar-refractivity contribution >= 4 is 22.9 Å². The number of para-hydroxylation sites is 1. The lowest BCUT2D eigenvalue weighted by molar-refractivity contribution is -0.130. The van der Waals surface area contributed by atoms with Gasteiger partial charge in [-0.25, -0.2) is 0 Å². The van der Waals surface area contributed by atoms with Gasteiger partial charge in [-0.15, -0.1) is 11.3 Å². The van der Waals surface area contributed by atoms with Crippen molar-refractivity contribution in [2.45, 2.75) is 25.8 Å². The van der Waals surface area contributed by atoms with Crippen LogP contribution < -0.4 is 5.32 Å². The van der Waals surface area contributed by atoms with Crippen molar-refractivity contribution in [3.8, 4) is 0 Å². The number of hydrogen-bond acceptors (Lipinski definition) is 3. The van der Waals surface area contributed by atoms with Crippen molar-refractivity contribution in [1.82, 2.24) is 4.90 Å². The molecular formula is C17H20N2OS. The highest BCUT2D eigenvalue weighted by Gasteiger charge is 2.25. The second kappa shape index (κ2) is 5.90. The summed E-state index contributed by atoms with van der Waals surface area (Å²) in [7, 11) is 1.90. The average molecular weight is 300 g/mol. The highest BCUT2D eigenvalue weighted by molar-refractivity contribution is 7.10. The van der Waals surface area contributed by atoms with Crippen LogP contribution in [0.5, 0.6) is 0 Å². The predicted molar refractivity (Wildman–Crippen MR) is 87.8 cm³/mol. The van der Waals surface area contributed by atoms with E-state index >= 15 is 0 Å². The molecule has 3 nitrogen and oxygen atoms in total. The van der Waals surface area contributed by atoms with E-state index in [1.54, 1.807) is 11.3 Å². The molecule has 1 aromatic carbocycles. The Kier molecular flexibility index (Phi) is 3.97. The van der Waals surface area contributed by atoms with Gasteiger partial charge in [-0.3, -0.25) is 4.79 Å². The van der Waals surface area contributed by atoms with Crippen LogP contribution in [0.3, 0.4) is 0 Å². The van der Waals surface area contributed by atoms with E-state index in [4.69, 9.17) is 0 Å². The molecule has 0 aliphatic carbocycles. The van der Waals surface area contributed by atoms with Gasteiger partial charge in [-0.2, -0.15) is 0 Å². The van der Waals surface area contributed by atoms with Crippen LogP contribution in [0.15, 0.2) is 35.7 Å². The summed E-state index contributed by atoms with van der Waals surface area (Å²) in [4.78, 5) is 15.6. The van der Waals surface area contributed by atoms with Gasteiger partial charge < -0.3 is 10.2 Å². The molecule has 110 valence electrons. The van der Waals surface area contributed by atoms with E-state index in [0.717, 1.165) is 6.54 Å². The Balaban J connectivity index is 1.63. The number of hydrogen-bond donors (Lipinski definition) is 1. The second-order valence-electron chi connectivity index (χ2n) is 5.65. The fourth-order valence-corrected chi connectivity index (χ4v) is 3.73. The molecule has 3 rings (SSSR count). The first-order valence-corrected chi connectivity index (χ1v) is 8.13. The minimum Gasteiger partial charge on any atom is -0.384 e. The van der Waals surface area contributed by atoms with Crippen molar-refractivity contribution in [3.63, 3.8) is 0 Å². The quantitative estimate of drug-likeness (QED) is 0.935. The number of carbonyl (C=O) groups is 1. The number of aryl methyl sites for hydroxylation is 1. The first kappa shape index (κ1) is 14.1. The first-order chi connectivity index (χ1) is 10.1. The summed E-state index contributed by atoms with van der Waals surface area (Å²) >= 11 is 1.72. The number of rotatable bonds is 4. The Bertz CT molecular complexity index is 650. The zero-order valence-electron chi connectivity index (χ0n) is 12.4. The highest BCUT2D eigenvalue weighted by atomic mass is 32.1. The zero-order valence-corrected chi connectivity index (χ0v) is 13.2. The van der Waals surface area contributed by atoms with E-state index in [0.29, 0.717) is 18.9 Å². The molecule has 0 spiro atoms. The Labute approximate surface area is 129 Å². The molecule has 1 aliphatic rings. The van der Waals surface area contributed by atoms with Crippen LogP contribution >= 0.6 is 11.3 Å². The molecule has 1 amide bonds. The third kappa shape index (κ3) is 2.95. The molecule has 1 N–H and O–H groups in total. The van der Waals surface area contributed by atoms with E-state index in [2.05, 4.69) is 35.8 Å². The lowest BCUT2D eigenvalue weighted by atomic mass is 9.97. The average Bonchev–Trinajstić information content (AvgIpc) is 3.07. The number of benzene rings is 1. The lowest BCUT2D eigenvalue weighted by Crippen LogP contribution is -2.27. The van der Waals surface area contributed by atoms with Gasteiger partial charge in [0.15, 0.2) is 0 Å². The number of fused-ring (bicyclic) bond motifs is 1. The molecule has 0 radical (unpaired) electrons. The van der Waals surface area contributed by atoms with Gasteiger partial charge in [0.2, 0.25) is 5.91 Å². The van der Waals surface area contributed by atoms with Crippen LogP contribution in [0.4, 0.5) is 5.69 Å². The normalized spacial score (nSPS) is 16.4. The van der Waals surface area contributed by atoms with Gasteiger partial charge in [-0.1, -0.05) is 18.2 Å². The smallest absolute Gasteiger partial charge is 0.223 e. The number of anilines is 1. The zero-order chi connectivity index (χ0) is 14.8. The first-order valence-electron chi connectivity index (χ1n) is 7.25. The van der Waals surface area contributed by atoms with Gasteiger partial charge in [0.1, 0.15) is 0 Å². The van der Waals surface area contributed by atoms with Gasteiger partial charge in [0.25, 0.3) is 0 Å². The van der Waals surface area contributed by atoms with Crippen LogP contribution in [0.2, 0.25) is 0 Å². The number of amides is 1. The molecule has 0 saturated carbocycles. The molecule has 0 saturated heterocycles. The molecule has 4 heteroatoms. The molecule has 2 heterocycles. The summed E-state index contributed by atoms with van der Waals surface area (Å²) in [6.45, 7) is 3.67. The largest absolute Gasteiger partial charge is 0.384 e. The summed E-state index contributed by atoms with van der Waals surface area (Å²) < 4.78 is 0. The van der Waals surface area contributed by atoms with Crippen LogP contribution in [0.25, 0.3) is 0 Å². The molecule has 0 fully saturated rings. The van der Waals surface area contributed by atoms with Crippen LogP contribution in [0.1, 0.15) is 28.3 Å². The molecule has 0 bridgehead atoms. The van der Waals surface area contributed by atoms with Gasteiger partial charge in [-0.05, 0) is 35.6 Å².